The molecule has 1 aromatic heterocycles. The quantitative estimate of drug-likeness (QED) is 0.850. The molecule has 3 rings (SSSR count). The lowest BCUT2D eigenvalue weighted by Crippen LogP contribution is -2.39. The number of piperidine rings is 1. The van der Waals surface area contributed by atoms with Crippen LogP contribution in [0.15, 0.2) is 18.2 Å². The Hall–Kier alpha value is -1.28. The molecule has 100 valence electrons. The first-order valence-electron chi connectivity index (χ1n) is 6.01. The summed E-state index contributed by atoms with van der Waals surface area (Å²) in [6.45, 7) is 1.71. The molecule has 1 aliphatic rings. The van der Waals surface area contributed by atoms with Gasteiger partial charge in [-0.05, 0) is 44.1 Å². The highest BCUT2D eigenvalue weighted by molar-refractivity contribution is 6.31. The van der Waals surface area contributed by atoms with Crippen LogP contribution >= 0.6 is 24.0 Å². The third-order valence-electron chi connectivity index (χ3n) is 3.57. The molecule has 0 bridgehead atoms. The van der Waals surface area contributed by atoms with Gasteiger partial charge in [0, 0.05) is 5.02 Å². The molecule has 1 aliphatic heterocycles. The van der Waals surface area contributed by atoms with Crippen LogP contribution in [0, 0.1) is 11.3 Å². The number of H-pyrrole nitrogens is 1. The number of nitriles is 1. The average molecular weight is 297 g/mol. The zero-order valence-electron chi connectivity index (χ0n) is 10.2. The number of imidazole rings is 1. The summed E-state index contributed by atoms with van der Waals surface area (Å²) >= 11 is 5.96. The van der Waals surface area contributed by atoms with Gasteiger partial charge in [-0.2, -0.15) is 5.26 Å². The lowest BCUT2D eigenvalue weighted by atomic mass is 9.80. The fourth-order valence-electron chi connectivity index (χ4n) is 2.46. The smallest absolute Gasteiger partial charge is 0.127 e. The highest BCUT2D eigenvalue weighted by Gasteiger charge is 2.37. The molecule has 1 saturated heterocycles. The number of aromatic amines is 1. The van der Waals surface area contributed by atoms with Crippen LogP contribution in [0.4, 0.5) is 0 Å². The Morgan fingerprint density at radius 2 is 2.05 bits per heavy atom. The van der Waals surface area contributed by atoms with Crippen molar-refractivity contribution in [3.05, 3.63) is 29.0 Å². The molecule has 0 spiro atoms. The number of aromatic nitrogens is 2. The number of nitrogens with zero attached hydrogens (tertiary/aromatic N) is 2. The van der Waals surface area contributed by atoms with Crippen molar-refractivity contribution < 1.29 is 0 Å². The van der Waals surface area contributed by atoms with E-state index in [0.717, 1.165) is 42.8 Å². The number of hydrogen-bond donors (Lipinski definition) is 2. The van der Waals surface area contributed by atoms with E-state index in [1.165, 1.54) is 0 Å². The summed E-state index contributed by atoms with van der Waals surface area (Å²) in [5.74, 6) is 0.767. The summed E-state index contributed by atoms with van der Waals surface area (Å²) in [5, 5.41) is 13.5. The molecular weight excluding hydrogens is 283 g/mol. The molecule has 1 aromatic carbocycles. The van der Waals surface area contributed by atoms with Crippen LogP contribution in [-0.4, -0.2) is 23.1 Å². The summed E-state index contributed by atoms with van der Waals surface area (Å²) in [6, 6.07) is 7.98. The van der Waals surface area contributed by atoms with Gasteiger partial charge in [0.25, 0.3) is 0 Å². The first-order valence-corrected chi connectivity index (χ1v) is 6.39. The maximum atomic E-state index is 9.51. The number of benzene rings is 1. The molecule has 2 aromatic rings. The zero-order chi connectivity index (χ0) is 12.6. The van der Waals surface area contributed by atoms with Crippen LogP contribution in [0.2, 0.25) is 5.02 Å². The summed E-state index contributed by atoms with van der Waals surface area (Å²) in [6.07, 6.45) is 1.58. The second-order valence-electron chi connectivity index (χ2n) is 4.69. The Bertz CT molecular complexity index is 623. The van der Waals surface area contributed by atoms with Gasteiger partial charge >= 0.3 is 0 Å². The van der Waals surface area contributed by atoms with Gasteiger partial charge in [-0.1, -0.05) is 11.6 Å². The molecule has 0 radical (unpaired) electrons. The summed E-state index contributed by atoms with van der Waals surface area (Å²) in [7, 11) is 0. The second kappa shape index (κ2) is 5.38. The third-order valence-corrected chi connectivity index (χ3v) is 3.80. The zero-order valence-corrected chi connectivity index (χ0v) is 11.8. The first-order chi connectivity index (χ1) is 8.73. The van der Waals surface area contributed by atoms with E-state index in [0.29, 0.717) is 5.02 Å². The molecule has 2 heterocycles. The summed E-state index contributed by atoms with van der Waals surface area (Å²) in [4.78, 5) is 7.81. The fourth-order valence-corrected chi connectivity index (χ4v) is 2.64. The summed E-state index contributed by atoms with van der Waals surface area (Å²) in [5.41, 5.74) is 1.27. The number of halogens is 2. The molecule has 1 fully saturated rings. The minimum atomic E-state index is -0.489. The summed E-state index contributed by atoms with van der Waals surface area (Å²) < 4.78 is 0. The average Bonchev–Trinajstić information content (AvgIpc) is 2.83. The van der Waals surface area contributed by atoms with Gasteiger partial charge in [0.15, 0.2) is 0 Å². The van der Waals surface area contributed by atoms with Crippen molar-refractivity contribution in [1.29, 1.82) is 5.26 Å². The van der Waals surface area contributed by atoms with Gasteiger partial charge < -0.3 is 10.3 Å². The lowest BCUT2D eigenvalue weighted by molar-refractivity contribution is 0.369. The van der Waals surface area contributed by atoms with Crippen LogP contribution in [-0.2, 0) is 5.41 Å². The maximum Gasteiger partial charge on any atom is 0.127 e. The molecule has 0 unspecified atom stereocenters. The Labute approximate surface area is 122 Å². The van der Waals surface area contributed by atoms with E-state index in [4.69, 9.17) is 11.6 Å². The van der Waals surface area contributed by atoms with E-state index in [2.05, 4.69) is 21.4 Å². The van der Waals surface area contributed by atoms with Crippen molar-refractivity contribution in [2.24, 2.45) is 0 Å². The normalized spacial score (nSPS) is 17.7. The van der Waals surface area contributed by atoms with Gasteiger partial charge in [0.1, 0.15) is 11.2 Å². The van der Waals surface area contributed by atoms with Crippen LogP contribution in [0.25, 0.3) is 11.0 Å². The molecule has 4 nitrogen and oxygen atoms in total. The van der Waals surface area contributed by atoms with E-state index in [1.54, 1.807) is 0 Å². The standard InChI is InChI=1S/C13H13ClN4.ClH/c14-9-1-2-10-11(7-9)18-12(17-10)13(8-15)3-5-16-6-4-13;/h1-2,7,16H,3-6H2,(H,17,18);1H. The van der Waals surface area contributed by atoms with Crippen LogP contribution in [0.3, 0.4) is 0 Å². The predicted molar refractivity (Wildman–Crippen MR) is 77.7 cm³/mol. The molecule has 0 saturated carbocycles. The molecular formula is C13H14Cl2N4. The minimum absolute atomic E-state index is 0. The monoisotopic (exact) mass is 296 g/mol. The molecule has 0 atom stereocenters. The number of rotatable bonds is 1. The third kappa shape index (κ3) is 2.42. The maximum absolute atomic E-state index is 9.51. The van der Waals surface area contributed by atoms with Gasteiger partial charge in [-0.3, -0.25) is 0 Å². The first kappa shape index (κ1) is 14.1. The van der Waals surface area contributed by atoms with E-state index < -0.39 is 5.41 Å². The van der Waals surface area contributed by atoms with Crippen molar-refractivity contribution in [2.75, 3.05) is 13.1 Å². The molecule has 19 heavy (non-hydrogen) atoms. The highest BCUT2D eigenvalue weighted by atomic mass is 35.5. The predicted octanol–water partition coefficient (Wildman–Crippen LogP) is 2.78. The number of fused-ring (bicyclic) bond motifs is 1. The van der Waals surface area contributed by atoms with Crippen LogP contribution in [0.1, 0.15) is 18.7 Å². The van der Waals surface area contributed by atoms with E-state index in [9.17, 15) is 5.26 Å². The molecule has 2 N–H and O–H groups in total. The molecule has 0 aliphatic carbocycles. The minimum Gasteiger partial charge on any atom is -0.341 e. The van der Waals surface area contributed by atoms with E-state index in [-0.39, 0.29) is 12.4 Å². The van der Waals surface area contributed by atoms with Gasteiger partial charge in [0.2, 0.25) is 0 Å². The Kier molecular flexibility index (Phi) is 4.00. The van der Waals surface area contributed by atoms with Gasteiger partial charge in [0.05, 0.1) is 17.1 Å². The Morgan fingerprint density at radius 1 is 1.32 bits per heavy atom. The Morgan fingerprint density at radius 3 is 2.74 bits per heavy atom. The molecule has 6 heteroatoms. The number of hydrogen-bond acceptors (Lipinski definition) is 3. The van der Waals surface area contributed by atoms with Gasteiger partial charge in [-0.15, -0.1) is 12.4 Å². The van der Waals surface area contributed by atoms with Crippen molar-refractivity contribution in [2.45, 2.75) is 18.3 Å². The SMILES string of the molecule is Cl.N#CC1(c2nc3ccc(Cl)cc3[nH]2)CCNCC1. The second-order valence-corrected chi connectivity index (χ2v) is 5.13. The lowest BCUT2D eigenvalue weighted by Gasteiger charge is -2.29. The van der Waals surface area contributed by atoms with E-state index in [1.807, 2.05) is 18.2 Å². The van der Waals surface area contributed by atoms with Crippen LogP contribution < -0.4 is 5.32 Å². The Balaban J connectivity index is 0.00000133. The van der Waals surface area contributed by atoms with Crippen molar-refractivity contribution >= 4 is 35.0 Å². The number of nitrogens with one attached hydrogen (secondary N) is 2. The molecule has 0 amide bonds. The van der Waals surface area contributed by atoms with Crippen molar-refractivity contribution in [1.82, 2.24) is 15.3 Å². The highest BCUT2D eigenvalue weighted by Crippen LogP contribution is 2.32. The van der Waals surface area contributed by atoms with Crippen molar-refractivity contribution in [3.63, 3.8) is 0 Å². The fraction of sp³-hybridized carbons (Fsp3) is 0.385. The van der Waals surface area contributed by atoms with E-state index >= 15 is 0 Å². The van der Waals surface area contributed by atoms with Crippen molar-refractivity contribution in [3.8, 4) is 6.07 Å². The van der Waals surface area contributed by atoms with Crippen LogP contribution in [0.5, 0.6) is 0 Å². The van der Waals surface area contributed by atoms with Gasteiger partial charge in [-0.25, -0.2) is 4.98 Å². The largest absolute Gasteiger partial charge is 0.341 e. The topological polar surface area (TPSA) is 64.5 Å².